The number of hydrogen-bond donors (Lipinski definition) is 0. The molecule has 0 radical (unpaired) electrons. The highest BCUT2D eigenvalue weighted by Crippen LogP contribution is 2.29. The van der Waals surface area contributed by atoms with Gasteiger partial charge in [0.1, 0.15) is 5.83 Å². The smallest absolute Gasteiger partial charge is 0.253 e. The van der Waals surface area contributed by atoms with Crippen molar-refractivity contribution in [1.82, 2.24) is 4.98 Å². The number of pyridine rings is 1. The molecule has 0 aliphatic heterocycles. The van der Waals surface area contributed by atoms with E-state index < -0.39 is 17.6 Å². The van der Waals surface area contributed by atoms with Crippen LogP contribution in [-0.2, 0) is 6.18 Å². The second-order valence-corrected chi connectivity index (χ2v) is 2.57. The van der Waals surface area contributed by atoms with Crippen LogP contribution in [0.25, 0.3) is 5.83 Å². The number of alkyl halides is 3. The molecular formula is C11H13F4N. The zero-order valence-electron chi connectivity index (χ0n) is 9.27. The van der Waals surface area contributed by atoms with Crippen molar-refractivity contribution in [2.75, 3.05) is 0 Å². The number of halogens is 4. The summed E-state index contributed by atoms with van der Waals surface area (Å²) in [6, 6.07) is 1.80. The van der Waals surface area contributed by atoms with E-state index in [1.165, 1.54) is 6.92 Å². The van der Waals surface area contributed by atoms with Crippen LogP contribution in [-0.4, -0.2) is 4.98 Å². The molecule has 0 amide bonds. The zero-order valence-corrected chi connectivity index (χ0v) is 9.27. The summed E-state index contributed by atoms with van der Waals surface area (Å²) in [5, 5.41) is 0. The SMILES string of the molecule is C/C=C(\F)c1ccc(C(F)(F)F)cn1.CC. The summed E-state index contributed by atoms with van der Waals surface area (Å²) >= 11 is 0. The Hall–Kier alpha value is -1.39. The molecule has 0 saturated carbocycles. The average molecular weight is 235 g/mol. The van der Waals surface area contributed by atoms with Gasteiger partial charge in [0.25, 0.3) is 0 Å². The van der Waals surface area contributed by atoms with E-state index in [-0.39, 0.29) is 5.69 Å². The maximum absolute atomic E-state index is 12.8. The van der Waals surface area contributed by atoms with Crippen LogP contribution in [0.4, 0.5) is 17.6 Å². The molecule has 16 heavy (non-hydrogen) atoms. The quantitative estimate of drug-likeness (QED) is 0.655. The van der Waals surface area contributed by atoms with Crippen LogP contribution in [0, 0.1) is 0 Å². The maximum Gasteiger partial charge on any atom is 0.417 e. The van der Waals surface area contributed by atoms with E-state index in [0.29, 0.717) is 6.20 Å². The number of hydrogen-bond acceptors (Lipinski definition) is 1. The van der Waals surface area contributed by atoms with Crippen molar-refractivity contribution >= 4 is 5.83 Å². The Kier molecular flexibility index (Phi) is 5.71. The first-order valence-electron chi connectivity index (χ1n) is 4.80. The molecule has 0 aliphatic carbocycles. The largest absolute Gasteiger partial charge is 0.417 e. The fourth-order valence-electron chi connectivity index (χ4n) is 0.851. The summed E-state index contributed by atoms with van der Waals surface area (Å²) in [5.41, 5.74) is -0.981. The van der Waals surface area contributed by atoms with E-state index in [1.54, 1.807) is 0 Å². The third-order valence-corrected chi connectivity index (χ3v) is 1.59. The van der Waals surface area contributed by atoms with E-state index in [1.807, 2.05) is 13.8 Å². The fraction of sp³-hybridized carbons (Fsp3) is 0.364. The highest BCUT2D eigenvalue weighted by molar-refractivity contribution is 5.54. The van der Waals surface area contributed by atoms with Gasteiger partial charge in [-0.1, -0.05) is 13.8 Å². The van der Waals surface area contributed by atoms with Gasteiger partial charge < -0.3 is 0 Å². The minimum Gasteiger partial charge on any atom is -0.253 e. The first-order chi connectivity index (χ1) is 7.45. The summed E-state index contributed by atoms with van der Waals surface area (Å²) in [5.74, 6) is -0.640. The Bertz CT molecular complexity index is 338. The molecule has 0 spiro atoms. The zero-order chi connectivity index (χ0) is 12.8. The summed E-state index contributed by atoms with van der Waals surface area (Å²) in [4.78, 5) is 3.35. The molecule has 0 unspecified atom stereocenters. The van der Waals surface area contributed by atoms with Crippen molar-refractivity contribution in [2.45, 2.75) is 26.9 Å². The molecule has 5 heteroatoms. The van der Waals surface area contributed by atoms with Gasteiger partial charge in [-0.05, 0) is 25.1 Å². The lowest BCUT2D eigenvalue weighted by Gasteiger charge is -2.05. The Morgan fingerprint density at radius 1 is 1.25 bits per heavy atom. The van der Waals surface area contributed by atoms with Gasteiger partial charge in [0.05, 0.1) is 11.3 Å². The van der Waals surface area contributed by atoms with Crippen molar-refractivity contribution in [2.24, 2.45) is 0 Å². The minimum atomic E-state index is -4.43. The van der Waals surface area contributed by atoms with Crippen LogP contribution in [0.2, 0.25) is 0 Å². The topological polar surface area (TPSA) is 12.9 Å². The Morgan fingerprint density at radius 3 is 2.12 bits per heavy atom. The molecule has 90 valence electrons. The summed E-state index contributed by atoms with van der Waals surface area (Å²) in [7, 11) is 0. The predicted octanol–water partition coefficient (Wildman–Crippen LogP) is 4.46. The second kappa shape index (κ2) is 6.25. The van der Waals surface area contributed by atoms with Gasteiger partial charge in [-0.2, -0.15) is 13.2 Å². The normalized spacial score (nSPS) is 11.8. The molecule has 0 atom stereocenters. The van der Waals surface area contributed by atoms with E-state index in [2.05, 4.69) is 4.98 Å². The first kappa shape index (κ1) is 14.6. The van der Waals surface area contributed by atoms with Crippen molar-refractivity contribution in [3.8, 4) is 0 Å². The van der Waals surface area contributed by atoms with Gasteiger partial charge in [-0.25, -0.2) is 4.39 Å². The van der Waals surface area contributed by atoms with Crippen molar-refractivity contribution in [1.29, 1.82) is 0 Å². The fourth-order valence-corrected chi connectivity index (χ4v) is 0.851. The van der Waals surface area contributed by atoms with Gasteiger partial charge in [-0.15, -0.1) is 0 Å². The Morgan fingerprint density at radius 2 is 1.81 bits per heavy atom. The maximum atomic E-state index is 12.8. The number of aromatic nitrogens is 1. The molecule has 0 bridgehead atoms. The van der Waals surface area contributed by atoms with Crippen LogP contribution in [0.1, 0.15) is 32.0 Å². The molecule has 1 heterocycles. The molecule has 0 aromatic carbocycles. The third kappa shape index (κ3) is 4.00. The lowest BCUT2D eigenvalue weighted by atomic mass is 10.2. The highest BCUT2D eigenvalue weighted by Gasteiger charge is 2.30. The Balaban J connectivity index is 0.00000106. The lowest BCUT2D eigenvalue weighted by Crippen LogP contribution is -2.05. The van der Waals surface area contributed by atoms with Crippen molar-refractivity contribution < 1.29 is 17.6 Å². The Labute approximate surface area is 91.8 Å². The number of nitrogens with zero attached hydrogens (tertiary/aromatic N) is 1. The van der Waals surface area contributed by atoms with Crippen LogP contribution in [0.15, 0.2) is 24.4 Å². The third-order valence-electron chi connectivity index (χ3n) is 1.59. The van der Waals surface area contributed by atoms with Gasteiger partial charge in [0, 0.05) is 6.20 Å². The molecule has 0 fully saturated rings. The average Bonchev–Trinajstić information content (AvgIpc) is 2.30. The predicted molar refractivity (Wildman–Crippen MR) is 55.3 cm³/mol. The second-order valence-electron chi connectivity index (χ2n) is 2.57. The van der Waals surface area contributed by atoms with Gasteiger partial charge in [0.2, 0.25) is 0 Å². The molecule has 0 N–H and O–H groups in total. The summed E-state index contributed by atoms with van der Waals surface area (Å²) < 4.78 is 49.0. The van der Waals surface area contributed by atoms with Crippen LogP contribution in [0.5, 0.6) is 0 Å². The van der Waals surface area contributed by atoms with E-state index in [4.69, 9.17) is 0 Å². The van der Waals surface area contributed by atoms with E-state index in [9.17, 15) is 17.6 Å². The van der Waals surface area contributed by atoms with E-state index in [0.717, 1.165) is 18.2 Å². The minimum absolute atomic E-state index is 0.0968. The molecule has 0 saturated heterocycles. The monoisotopic (exact) mass is 235 g/mol. The van der Waals surface area contributed by atoms with Crippen LogP contribution < -0.4 is 0 Å². The van der Waals surface area contributed by atoms with Gasteiger partial charge >= 0.3 is 6.18 Å². The van der Waals surface area contributed by atoms with Crippen molar-refractivity contribution in [3.05, 3.63) is 35.7 Å². The molecule has 1 aromatic rings. The van der Waals surface area contributed by atoms with Crippen LogP contribution in [0.3, 0.4) is 0 Å². The number of rotatable bonds is 1. The molecule has 0 aliphatic rings. The standard InChI is InChI=1S/C9H7F4N.C2H6/c1-2-7(10)8-4-3-6(5-14-8)9(11,12)13;1-2/h2-5H,1H3;1-2H3/b7-2-;. The lowest BCUT2D eigenvalue weighted by molar-refractivity contribution is -0.137. The first-order valence-corrected chi connectivity index (χ1v) is 4.80. The molecule has 1 rings (SSSR count). The summed E-state index contributed by atoms with van der Waals surface area (Å²) in [6.45, 7) is 5.44. The van der Waals surface area contributed by atoms with E-state index >= 15 is 0 Å². The molecule has 1 aromatic heterocycles. The van der Waals surface area contributed by atoms with Crippen LogP contribution >= 0.6 is 0 Å². The summed E-state index contributed by atoms with van der Waals surface area (Å²) in [6.07, 6.45) is -2.69. The van der Waals surface area contributed by atoms with Crippen molar-refractivity contribution in [3.63, 3.8) is 0 Å². The van der Waals surface area contributed by atoms with Gasteiger partial charge in [-0.3, -0.25) is 4.98 Å². The van der Waals surface area contributed by atoms with Gasteiger partial charge in [0.15, 0.2) is 0 Å². The molecular weight excluding hydrogens is 222 g/mol. The molecule has 1 nitrogen and oxygen atoms in total. The highest BCUT2D eigenvalue weighted by atomic mass is 19.4. The number of allylic oxidation sites excluding steroid dienone is 1.